The first-order valence-electron chi connectivity index (χ1n) is 22.7. The zero-order chi connectivity index (χ0) is 41.9. The molecule has 0 aromatic heterocycles. The van der Waals surface area contributed by atoms with E-state index in [1.165, 1.54) is 38.5 Å². The van der Waals surface area contributed by atoms with Gasteiger partial charge in [0, 0.05) is 44.6 Å². The third-order valence-electron chi connectivity index (χ3n) is 12.6. The molecule has 9 nitrogen and oxygen atoms in total. The Morgan fingerprint density at radius 1 is 0.898 bits per heavy atom. The van der Waals surface area contributed by atoms with Crippen LogP contribution in [0.1, 0.15) is 133 Å². The lowest BCUT2D eigenvalue weighted by molar-refractivity contribution is -0.255. The molecule has 324 valence electrons. The smallest absolute Gasteiger partial charge is 0.239 e. The topological polar surface area (TPSA) is 110 Å². The number of unbranched alkanes of at least 4 members (excludes halogenated alkanes) is 10. The van der Waals surface area contributed by atoms with E-state index in [1.54, 1.807) is 12.2 Å². The number of allylic oxidation sites excluding steroid dienone is 1. The number of rotatable bonds is 28. The van der Waals surface area contributed by atoms with E-state index in [1.807, 2.05) is 54.4 Å². The fraction of sp³-hybridized carbons (Fsp3) is 0.600. The molecule has 1 amide bonds. The number of benzene rings is 2. The molecule has 2 aliphatic carbocycles. The lowest BCUT2D eigenvalue weighted by atomic mass is 9.55. The summed E-state index contributed by atoms with van der Waals surface area (Å²) in [6.07, 6.45) is 22.3. The van der Waals surface area contributed by atoms with Gasteiger partial charge in [-0.25, -0.2) is 0 Å². The number of aliphatic hydroxyl groups excluding tert-OH is 2. The number of hydrogen-bond donors (Lipinski definition) is 2. The Labute approximate surface area is 354 Å². The predicted molar refractivity (Wildman–Crippen MR) is 236 cm³/mol. The maximum atomic E-state index is 14.4. The summed E-state index contributed by atoms with van der Waals surface area (Å²) >= 11 is 0. The Morgan fingerprint density at radius 2 is 1.59 bits per heavy atom. The van der Waals surface area contributed by atoms with E-state index >= 15 is 0 Å². The van der Waals surface area contributed by atoms with Gasteiger partial charge in [0.1, 0.15) is 30.8 Å². The van der Waals surface area contributed by atoms with Gasteiger partial charge in [-0.3, -0.25) is 4.79 Å². The van der Waals surface area contributed by atoms with Crippen LogP contribution in [-0.2, 0) is 21.0 Å². The van der Waals surface area contributed by atoms with Gasteiger partial charge in [0.25, 0.3) is 0 Å². The second-order valence-electron chi connectivity index (χ2n) is 16.7. The van der Waals surface area contributed by atoms with E-state index in [0.29, 0.717) is 38.2 Å². The summed E-state index contributed by atoms with van der Waals surface area (Å²) in [5, 5.41) is 24.7. The number of amides is 1. The van der Waals surface area contributed by atoms with Crippen LogP contribution in [0.5, 0.6) is 11.5 Å². The Kier molecular flexibility index (Phi) is 19.1. The monoisotopic (exact) mass is 813 g/mol. The molecule has 1 heterocycles. The molecule has 5 rings (SSSR count). The normalized spacial score (nSPS) is 23.7. The van der Waals surface area contributed by atoms with Gasteiger partial charge < -0.3 is 34.2 Å². The summed E-state index contributed by atoms with van der Waals surface area (Å²) in [7, 11) is 1.90. The second kappa shape index (κ2) is 24.4. The van der Waals surface area contributed by atoms with Crippen LogP contribution in [-0.4, -0.2) is 72.0 Å². The van der Waals surface area contributed by atoms with Gasteiger partial charge in [-0.15, -0.1) is 6.58 Å². The Balaban J connectivity index is 1.58. The summed E-state index contributed by atoms with van der Waals surface area (Å²) in [4.78, 5) is 22.4. The van der Waals surface area contributed by atoms with Gasteiger partial charge >= 0.3 is 0 Å². The molecule has 6 unspecified atom stereocenters. The standard InChI is InChI=1S/C50H72N2O7/c1-5-8-9-10-11-12-13-14-18-27-47(55)52(4)46-36-44(51-58-37-38-23-16-15-17-24-38)42-34-39(25-19-21-30-53)41(26-20-22-31-54)48-43-35-40(56-32-6-2)28-29-45(43)59-50(46,49(42)48)57-33-7-3/h6-7,15-17,23-24,28-29,34-35,39,41,46,48-49,53-54H,2-3,5,8-14,18-22,25-27,30-33,36-37H2,1,4H3. The number of ether oxygens (including phenoxy) is 3. The molecule has 0 saturated heterocycles. The minimum Gasteiger partial charge on any atom is -0.490 e. The first kappa shape index (κ1) is 46.2. The van der Waals surface area contributed by atoms with Crippen molar-refractivity contribution in [1.82, 2.24) is 4.90 Å². The van der Waals surface area contributed by atoms with Crippen molar-refractivity contribution >= 4 is 11.6 Å². The Hall–Kier alpha value is -3.92. The Morgan fingerprint density at radius 3 is 2.29 bits per heavy atom. The van der Waals surface area contributed by atoms with Crippen molar-refractivity contribution < 1.29 is 34.1 Å². The number of nitrogens with zero attached hydrogens (tertiary/aromatic N) is 2. The highest BCUT2D eigenvalue weighted by molar-refractivity contribution is 6.03. The zero-order valence-electron chi connectivity index (χ0n) is 36.0. The number of carbonyl (C=O) groups excluding carboxylic acids is 1. The fourth-order valence-corrected chi connectivity index (χ4v) is 9.67. The van der Waals surface area contributed by atoms with Crippen LogP contribution in [0.2, 0.25) is 0 Å². The number of fused-ring (bicyclic) bond motifs is 2. The molecule has 59 heavy (non-hydrogen) atoms. The van der Waals surface area contributed by atoms with Crippen molar-refractivity contribution in [3.8, 4) is 11.5 Å². The number of aliphatic hydroxyl groups is 2. The lowest BCUT2D eigenvalue weighted by Gasteiger charge is -2.59. The molecule has 6 atom stereocenters. The largest absolute Gasteiger partial charge is 0.490 e. The first-order chi connectivity index (χ1) is 28.9. The lowest BCUT2D eigenvalue weighted by Crippen LogP contribution is -2.69. The molecule has 9 heteroatoms. The maximum absolute atomic E-state index is 14.4. The molecular weight excluding hydrogens is 741 g/mol. The van der Waals surface area contributed by atoms with Crippen LogP contribution in [0, 0.1) is 17.8 Å². The van der Waals surface area contributed by atoms with Crippen molar-refractivity contribution in [3.63, 3.8) is 0 Å². The Bertz CT molecular complexity index is 1660. The van der Waals surface area contributed by atoms with Gasteiger partial charge in [-0.1, -0.05) is 131 Å². The molecule has 0 spiro atoms. The summed E-state index contributed by atoms with van der Waals surface area (Å²) in [5.74, 6) is 0.102. The van der Waals surface area contributed by atoms with Gasteiger partial charge in [-0.2, -0.15) is 0 Å². The van der Waals surface area contributed by atoms with Crippen LogP contribution >= 0.6 is 0 Å². The van der Waals surface area contributed by atoms with Crippen LogP contribution in [0.15, 0.2) is 90.6 Å². The number of oxime groups is 1. The van der Waals surface area contributed by atoms with Gasteiger partial charge in [-0.05, 0) is 73.3 Å². The highest BCUT2D eigenvalue weighted by Gasteiger charge is 2.65. The minimum absolute atomic E-state index is 0.0628. The van der Waals surface area contributed by atoms with E-state index < -0.39 is 11.8 Å². The molecule has 3 aliphatic rings. The minimum atomic E-state index is -1.26. The van der Waals surface area contributed by atoms with Gasteiger partial charge in [0.15, 0.2) is 0 Å². The number of likely N-dealkylation sites (N-methyl/N-ethyl adjacent to an activating group) is 1. The quantitative estimate of drug-likeness (QED) is 0.0500. The van der Waals surface area contributed by atoms with Crippen molar-refractivity contribution in [1.29, 1.82) is 0 Å². The average Bonchev–Trinajstić information content (AvgIpc) is 3.25. The van der Waals surface area contributed by atoms with Crippen LogP contribution in [0.3, 0.4) is 0 Å². The van der Waals surface area contributed by atoms with E-state index in [2.05, 4.69) is 32.2 Å². The van der Waals surface area contributed by atoms with E-state index in [9.17, 15) is 15.0 Å². The SMILES string of the molecule is C=CCOc1ccc2c(c1)C1C(CCCCO)C(CCCCO)C=C3C(=NOCc4ccccc4)CC(N(C)C(=O)CCCCCCCCCCC)C(OCC=C)(O2)C31. The zero-order valence-corrected chi connectivity index (χ0v) is 36.0. The summed E-state index contributed by atoms with van der Waals surface area (Å²) < 4.78 is 20.4. The number of carbonyl (C=O) groups is 1. The van der Waals surface area contributed by atoms with E-state index in [0.717, 1.165) is 79.5 Å². The summed E-state index contributed by atoms with van der Waals surface area (Å²) in [6, 6.07) is 15.5. The predicted octanol–water partition coefficient (Wildman–Crippen LogP) is 10.5. The molecule has 2 aromatic carbocycles. The molecule has 2 N–H and O–H groups in total. The maximum Gasteiger partial charge on any atom is 0.239 e. The molecule has 0 bridgehead atoms. The van der Waals surface area contributed by atoms with Gasteiger partial charge in [0.05, 0.1) is 18.2 Å². The summed E-state index contributed by atoms with van der Waals surface area (Å²) in [5.41, 5.74) is 3.88. The molecule has 0 radical (unpaired) electrons. The van der Waals surface area contributed by atoms with E-state index in [4.69, 9.17) is 24.2 Å². The van der Waals surface area contributed by atoms with Gasteiger partial charge in [0.2, 0.25) is 11.7 Å². The third-order valence-corrected chi connectivity index (χ3v) is 12.6. The van der Waals surface area contributed by atoms with Crippen molar-refractivity contribution in [2.24, 2.45) is 22.9 Å². The van der Waals surface area contributed by atoms with Crippen LogP contribution in [0.4, 0.5) is 0 Å². The van der Waals surface area contributed by atoms with E-state index in [-0.39, 0.29) is 49.4 Å². The van der Waals surface area contributed by atoms with Crippen LogP contribution in [0.25, 0.3) is 0 Å². The third kappa shape index (κ3) is 12.1. The fourth-order valence-electron chi connectivity index (χ4n) is 9.67. The molecule has 1 saturated carbocycles. The average molecular weight is 813 g/mol. The highest BCUT2D eigenvalue weighted by Crippen LogP contribution is 2.61. The second-order valence-corrected chi connectivity index (χ2v) is 16.7. The van der Waals surface area contributed by atoms with Crippen molar-refractivity contribution in [2.45, 2.75) is 140 Å². The highest BCUT2D eigenvalue weighted by atomic mass is 16.7. The molecule has 1 fully saturated rings. The number of hydrogen-bond acceptors (Lipinski definition) is 8. The molecular formula is C50H72N2O7. The molecule has 2 aromatic rings. The van der Waals surface area contributed by atoms with Crippen molar-refractivity contribution in [2.75, 3.05) is 33.5 Å². The first-order valence-corrected chi connectivity index (χ1v) is 22.7. The summed E-state index contributed by atoms with van der Waals surface area (Å²) in [6.45, 7) is 11.3. The van der Waals surface area contributed by atoms with Crippen molar-refractivity contribution in [3.05, 3.63) is 96.6 Å². The van der Waals surface area contributed by atoms with Crippen LogP contribution < -0.4 is 9.47 Å². The molecule has 1 aliphatic heterocycles.